The first kappa shape index (κ1) is 11.4. The van der Waals surface area contributed by atoms with Crippen LogP contribution >= 0.6 is 0 Å². The second kappa shape index (κ2) is 5.28. The summed E-state index contributed by atoms with van der Waals surface area (Å²) in [5, 5.41) is 22.7. The smallest absolute Gasteiger partial charge is 0.0693 e. The monoisotopic (exact) mass is 213 g/mol. The van der Waals surface area contributed by atoms with E-state index in [4.69, 9.17) is 0 Å². The number of hydrogen-bond donors (Lipinski definition) is 3. The van der Waals surface area contributed by atoms with Crippen molar-refractivity contribution in [1.29, 1.82) is 0 Å². The van der Waals surface area contributed by atoms with E-state index in [1.165, 1.54) is 12.8 Å². The third-order valence-electron chi connectivity index (χ3n) is 3.91. The Balaban J connectivity index is 1.68. The number of aliphatic hydroxyl groups excluding tert-OH is 2. The molecule has 0 aromatic carbocycles. The maximum Gasteiger partial charge on any atom is 0.0693 e. The molecule has 4 atom stereocenters. The van der Waals surface area contributed by atoms with E-state index in [0.29, 0.717) is 12.0 Å². The summed E-state index contributed by atoms with van der Waals surface area (Å²) in [6.07, 6.45) is 7.27. The predicted molar refractivity (Wildman–Crippen MR) is 59.6 cm³/mol. The summed E-state index contributed by atoms with van der Waals surface area (Å²) in [6, 6.07) is 0.302. The van der Waals surface area contributed by atoms with Crippen molar-refractivity contribution >= 4 is 0 Å². The lowest BCUT2D eigenvalue weighted by Crippen LogP contribution is -2.43. The molecule has 15 heavy (non-hydrogen) atoms. The van der Waals surface area contributed by atoms with Gasteiger partial charge in [-0.15, -0.1) is 0 Å². The Morgan fingerprint density at radius 2 is 1.80 bits per heavy atom. The van der Waals surface area contributed by atoms with Crippen LogP contribution in [0.2, 0.25) is 0 Å². The van der Waals surface area contributed by atoms with Gasteiger partial charge in [-0.05, 0) is 44.6 Å². The van der Waals surface area contributed by atoms with Gasteiger partial charge < -0.3 is 15.5 Å². The molecule has 0 radical (unpaired) electrons. The van der Waals surface area contributed by atoms with E-state index in [-0.39, 0.29) is 12.2 Å². The standard InChI is InChI=1S/C12H23NO2/c14-10-6-5-9(7-10)8-13-11-3-1-2-4-12(11)15/h9-15H,1-8H2. The molecule has 2 fully saturated rings. The largest absolute Gasteiger partial charge is 0.393 e. The van der Waals surface area contributed by atoms with Crippen LogP contribution < -0.4 is 5.32 Å². The Morgan fingerprint density at radius 1 is 1.00 bits per heavy atom. The summed E-state index contributed by atoms with van der Waals surface area (Å²) < 4.78 is 0. The first-order valence-electron chi connectivity index (χ1n) is 6.35. The van der Waals surface area contributed by atoms with Crippen molar-refractivity contribution in [1.82, 2.24) is 5.32 Å². The lowest BCUT2D eigenvalue weighted by molar-refractivity contribution is 0.0884. The minimum absolute atomic E-state index is 0.0759. The number of rotatable bonds is 3. The summed E-state index contributed by atoms with van der Waals surface area (Å²) in [6.45, 7) is 0.971. The molecule has 0 saturated heterocycles. The van der Waals surface area contributed by atoms with Gasteiger partial charge in [0.05, 0.1) is 12.2 Å². The Morgan fingerprint density at radius 3 is 2.47 bits per heavy atom. The van der Waals surface area contributed by atoms with E-state index in [9.17, 15) is 10.2 Å². The molecule has 2 aliphatic rings. The molecule has 0 aliphatic heterocycles. The van der Waals surface area contributed by atoms with E-state index in [0.717, 1.165) is 38.6 Å². The molecule has 0 amide bonds. The highest BCUT2D eigenvalue weighted by atomic mass is 16.3. The van der Waals surface area contributed by atoms with Gasteiger partial charge in [-0.3, -0.25) is 0 Å². The van der Waals surface area contributed by atoms with Crippen molar-refractivity contribution in [3.8, 4) is 0 Å². The number of aliphatic hydroxyl groups is 2. The van der Waals surface area contributed by atoms with E-state index in [1.54, 1.807) is 0 Å². The molecule has 0 bridgehead atoms. The van der Waals surface area contributed by atoms with Crippen molar-refractivity contribution in [2.75, 3.05) is 6.54 Å². The molecule has 0 heterocycles. The predicted octanol–water partition coefficient (Wildman–Crippen LogP) is 1.04. The first-order chi connectivity index (χ1) is 7.25. The van der Waals surface area contributed by atoms with E-state index in [1.807, 2.05) is 0 Å². The maximum atomic E-state index is 9.78. The van der Waals surface area contributed by atoms with Crippen LogP contribution in [0.3, 0.4) is 0 Å². The molecule has 88 valence electrons. The van der Waals surface area contributed by atoms with Crippen LogP contribution in [0.4, 0.5) is 0 Å². The third kappa shape index (κ3) is 3.16. The molecule has 0 spiro atoms. The van der Waals surface area contributed by atoms with Gasteiger partial charge in [-0.25, -0.2) is 0 Å². The molecule has 2 rings (SSSR count). The topological polar surface area (TPSA) is 52.5 Å². The average molecular weight is 213 g/mol. The van der Waals surface area contributed by atoms with Crippen molar-refractivity contribution in [2.45, 2.75) is 63.2 Å². The lowest BCUT2D eigenvalue weighted by atomic mass is 9.92. The molecule has 3 nitrogen and oxygen atoms in total. The number of nitrogens with one attached hydrogen (secondary N) is 1. The molecule has 2 saturated carbocycles. The van der Waals surface area contributed by atoms with Crippen LogP contribution in [0, 0.1) is 5.92 Å². The molecule has 3 heteroatoms. The fourth-order valence-electron chi connectivity index (χ4n) is 2.90. The fraction of sp³-hybridized carbons (Fsp3) is 1.00. The fourth-order valence-corrected chi connectivity index (χ4v) is 2.90. The van der Waals surface area contributed by atoms with Crippen LogP contribution in [-0.2, 0) is 0 Å². The Kier molecular flexibility index (Phi) is 4.00. The van der Waals surface area contributed by atoms with Crippen LogP contribution in [-0.4, -0.2) is 35.0 Å². The minimum atomic E-state index is -0.148. The van der Waals surface area contributed by atoms with E-state index in [2.05, 4.69) is 5.32 Å². The second-order valence-corrected chi connectivity index (χ2v) is 5.20. The SMILES string of the molecule is OC1CCC(CNC2CCCCC2O)C1. The highest BCUT2D eigenvalue weighted by Gasteiger charge is 2.26. The highest BCUT2D eigenvalue weighted by Crippen LogP contribution is 2.25. The molecule has 0 aromatic rings. The van der Waals surface area contributed by atoms with Crippen LogP contribution in [0.25, 0.3) is 0 Å². The quantitative estimate of drug-likeness (QED) is 0.656. The molecular formula is C12H23NO2. The van der Waals surface area contributed by atoms with Gasteiger partial charge in [-0.2, -0.15) is 0 Å². The van der Waals surface area contributed by atoms with Gasteiger partial charge in [0.25, 0.3) is 0 Å². The zero-order chi connectivity index (χ0) is 10.7. The molecule has 4 unspecified atom stereocenters. The van der Waals surface area contributed by atoms with Crippen molar-refractivity contribution in [2.24, 2.45) is 5.92 Å². The van der Waals surface area contributed by atoms with Gasteiger partial charge >= 0.3 is 0 Å². The Hall–Kier alpha value is -0.120. The zero-order valence-corrected chi connectivity index (χ0v) is 9.36. The summed E-state index contributed by atoms with van der Waals surface area (Å²) >= 11 is 0. The Bertz CT molecular complexity index is 198. The van der Waals surface area contributed by atoms with Crippen LogP contribution in [0.1, 0.15) is 44.9 Å². The van der Waals surface area contributed by atoms with Crippen molar-refractivity contribution in [3.05, 3.63) is 0 Å². The van der Waals surface area contributed by atoms with E-state index < -0.39 is 0 Å². The minimum Gasteiger partial charge on any atom is -0.393 e. The molecule has 3 N–H and O–H groups in total. The summed E-state index contributed by atoms with van der Waals surface area (Å²) in [5.41, 5.74) is 0. The van der Waals surface area contributed by atoms with Gasteiger partial charge in [0.2, 0.25) is 0 Å². The second-order valence-electron chi connectivity index (χ2n) is 5.20. The van der Waals surface area contributed by atoms with Gasteiger partial charge in [-0.1, -0.05) is 12.8 Å². The van der Waals surface area contributed by atoms with Gasteiger partial charge in [0.15, 0.2) is 0 Å². The van der Waals surface area contributed by atoms with Crippen LogP contribution in [0.15, 0.2) is 0 Å². The molecule has 0 aromatic heterocycles. The third-order valence-corrected chi connectivity index (χ3v) is 3.91. The van der Waals surface area contributed by atoms with Crippen molar-refractivity contribution in [3.63, 3.8) is 0 Å². The lowest BCUT2D eigenvalue weighted by Gasteiger charge is -2.29. The Labute approximate surface area is 91.9 Å². The summed E-state index contributed by atoms with van der Waals surface area (Å²) in [7, 11) is 0. The summed E-state index contributed by atoms with van der Waals surface area (Å²) in [5.74, 6) is 0.620. The molecular weight excluding hydrogens is 190 g/mol. The normalized spacial score (nSPS) is 42.0. The highest BCUT2D eigenvalue weighted by molar-refractivity contribution is 4.83. The first-order valence-corrected chi connectivity index (χ1v) is 6.35. The van der Waals surface area contributed by atoms with E-state index >= 15 is 0 Å². The van der Waals surface area contributed by atoms with Gasteiger partial charge in [0.1, 0.15) is 0 Å². The molecule has 2 aliphatic carbocycles. The number of hydrogen-bond acceptors (Lipinski definition) is 3. The maximum absolute atomic E-state index is 9.78. The van der Waals surface area contributed by atoms with Gasteiger partial charge in [0, 0.05) is 6.04 Å². The van der Waals surface area contributed by atoms with Crippen molar-refractivity contribution < 1.29 is 10.2 Å². The summed E-state index contributed by atoms with van der Waals surface area (Å²) in [4.78, 5) is 0. The van der Waals surface area contributed by atoms with Crippen LogP contribution in [0.5, 0.6) is 0 Å². The average Bonchev–Trinajstić information content (AvgIpc) is 2.63. The zero-order valence-electron chi connectivity index (χ0n) is 9.36.